The van der Waals surface area contributed by atoms with Crippen LogP contribution in [0, 0.1) is 0 Å². The molecule has 1 amide bonds. The topological polar surface area (TPSA) is 66.4 Å². The fraction of sp³-hybridized carbons (Fsp3) is 0.750. The molecule has 4 heteroatoms. The summed E-state index contributed by atoms with van der Waals surface area (Å²) < 4.78 is 0. The Morgan fingerprint density at radius 1 is 1.50 bits per heavy atom. The summed E-state index contributed by atoms with van der Waals surface area (Å²) in [7, 11) is 0. The number of aliphatic hydroxyl groups is 1. The van der Waals surface area contributed by atoms with Crippen LogP contribution in [0.4, 0.5) is 0 Å². The zero-order valence-corrected chi connectivity index (χ0v) is 7.46. The van der Waals surface area contributed by atoms with Crippen LogP contribution in [0.1, 0.15) is 26.7 Å². The minimum atomic E-state index is -0.516. The van der Waals surface area contributed by atoms with Crippen LogP contribution in [0.5, 0.6) is 0 Å². The van der Waals surface area contributed by atoms with Crippen molar-refractivity contribution < 1.29 is 14.7 Å². The monoisotopic (exact) mass is 173 g/mol. The molecule has 0 fully saturated rings. The molecular weight excluding hydrogens is 158 g/mol. The Kier molecular flexibility index (Phi) is 5.28. The molecule has 0 aliphatic heterocycles. The van der Waals surface area contributed by atoms with Crippen LogP contribution >= 0.6 is 0 Å². The highest BCUT2D eigenvalue weighted by molar-refractivity contribution is 5.88. The Bertz CT molecular complexity index is 168. The number of hydrogen-bond donors (Lipinski definition) is 2. The summed E-state index contributed by atoms with van der Waals surface area (Å²) in [5.41, 5.74) is 0. The van der Waals surface area contributed by atoms with Gasteiger partial charge in [0.2, 0.25) is 5.91 Å². The first kappa shape index (κ1) is 11.1. The maximum atomic E-state index is 11.1. The smallest absolute Gasteiger partial charge is 0.217 e. The minimum Gasteiger partial charge on any atom is -0.396 e. The molecule has 0 aromatic rings. The molecule has 0 saturated heterocycles. The van der Waals surface area contributed by atoms with E-state index in [4.69, 9.17) is 5.11 Å². The van der Waals surface area contributed by atoms with Gasteiger partial charge in [-0.1, -0.05) is 6.92 Å². The molecule has 2 N–H and O–H groups in total. The molecule has 70 valence electrons. The number of amides is 1. The van der Waals surface area contributed by atoms with E-state index >= 15 is 0 Å². The van der Waals surface area contributed by atoms with E-state index in [1.807, 2.05) is 0 Å². The van der Waals surface area contributed by atoms with Crippen molar-refractivity contribution >= 4 is 11.7 Å². The molecule has 0 rings (SSSR count). The van der Waals surface area contributed by atoms with Gasteiger partial charge in [-0.15, -0.1) is 0 Å². The number of aliphatic hydroxyl groups excluding tert-OH is 1. The summed E-state index contributed by atoms with van der Waals surface area (Å²) in [6.07, 6.45) is 0.678. The zero-order valence-electron chi connectivity index (χ0n) is 7.46. The van der Waals surface area contributed by atoms with Gasteiger partial charge in [-0.25, -0.2) is 0 Å². The lowest BCUT2D eigenvalue weighted by Gasteiger charge is -2.13. The normalized spacial score (nSPS) is 12.2. The van der Waals surface area contributed by atoms with Gasteiger partial charge in [0.05, 0.1) is 6.04 Å². The van der Waals surface area contributed by atoms with Gasteiger partial charge in [0, 0.05) is 20.0 Å². The van der Waals surface area contributed by atoms with E-state index in [1.54, 1.807) is 6.92 Å². The van der Waals surface area contributed by atoms with Gasteiger partial charge in [-0.2, -0.15) is 0 Å². The van der Waals surface area contributed by atoms with Crippen molar-refractivity contribution in [3.8, 4) is 0 Å². The second-order valence-corrected chi connectivity index (χ2v) is 2.59. The molecule has 0 saturated carbocycles. The second kappa shape index (κ2) is 5.71. The lowest BCUT2D eigenvalue weighted by molar-refractivity contribution is -0.126. The number of carbonyl (C=O) groups excluding carboxylic acids is 2. The number of Topliss-reactive ketones (excluding diaryl/α,β-unsaturated/α-hetero) is 1. The molecule has 12 heavy (non-hydrogen) atoms. The largest absolute Gasteiger partial charge is 0.396 e. The van der Waals surface area contributed by atoms with Crippen LogP contribution in [0.3, 0.4) is 0 Å². The first-order chi connectivity index (χ1) is 5.61. The summed E-state index contributed by atoms with van der Waals surface area (Å²) in [6, 6.07) is -0.516. The predicted molar refractivity (Wildman–Crippen MR) is 44.6 cm³/mol. The first-order valence-electron chi connectivity index (χ1n) is 4.02. The predicted octanol–water partition coefficient (Wildman–Crippen LogP) is -0.147. The average molecular weight is 173 g/mol. The van der Waals surface area contributed by atoms with Gasteiger partial charge in [-0.3, -0.25) is 9.59 Å². The molecular formula is C8H15NO3. The van der Waals surface area contributed by atoms with Crippen molar-refractivity contribution in [2.75, 3.05) is 6.61 Å². The Morgan fingerprint density at radius 2 is 2.08 bits per heavy atom. The molecule has 0 bridgehead atoms. The van der Waals surface area contributed by atoms with Crippen LogP contribution in [0.25, 0.3) is 0 Å². The standard InChI is InChI=1S/C8H15NO3/c1-3-8(12)7(4-5-10)9-6(2)11/h7,10H,3-5H2,1-2H3,(H,9,11). The van der Waals surface area contributed by atoms with Crippen molar-refractivity contribution in [1.82, 2.24) is 5.32 Å². The summed E-state index contributed by atoms with van der Waals surface area (Å²) >= 11 is 0. The number of carbonyl (C=O) groups is 2. The molecule has 0 spiro atoms. The van der Waals surface area contributed by atoms with Crippen LogP contribution in [0.2, 0.25) is 0 Å². The van der Waals surface area contributed by atoms with E-state index in [9.17, 15) is 9.59 Å². The average Bonchev–Trinajstić information content (AvgIpc) is 2.01. The SMILES string of the molecule is CCC(=O)C(CCO)NC(C)=O. The van der Waals surface area contributed by atoms with E-state index in [2.05, 4.69) is 5.32 Å². The first-order valence-corrected chi connectivity index (χ1v) is 4.02. The number of ketones is 1. The number of hydrogen-bond acceptors (Lipinski definition) is 3. The zero-order chi connectivity index (χ0) is 9.56. The van der Waals surface area contributed by atoms with Crippen molar-refractivity contribution in [1.29, 1.82) is 0 Å². The van der Waals surface area contributed by atoms with Gasteiger partial charge in [0.25, 0.3) is 0 Å². The van der Waals surface area contributed by atoms with Crippen molar-refractivity contribution in [3.05, 3.63) is 0 Å². The lowest BCUT2D eigenvalue weighted by atomic mass is 10.1. The third-order valence-electron chi connectivity index (χ3n) is 1.53. The molecule has 0 aromatic carbocycles. The molecule has 1 atom stereocenters. The van der Waals surface area contributed by atoms with Gasteiger partial charge in [-0.05, 0) is 6.42 Å². The molecule has 0 radical (unpaired) electrons. The van der Waals surface area contributed by atoms with Gasteiger partial charge in [0.15, 0.2) is 5.78 Å². The van der Waals surface area contributed by atoms with E-state index in [0.29, 0.717) is 12.8 Å². The maximum Gasteiger partial charge on any atom is 0.217 e. The summed E-state index contributed by atoms with van der Waals surface area (Å²) in [5, 5.41) is 11.1. The lowest BCUT2D eigenvalue weighted by Crippen LogP contribution is -2.39. The maximum absolute atomic E-state index is 11.1. The van der Waals surface area contributed by atoms with Gasteiger partial charge < -0.3 is 10.4 Å². The van der Waals surface area contributed by atoms with E-state index in [0.717, 1.165) is 0 Å². The quantitative estimate of drug-likeness (QED) is 0.607. The minimum absolute atomic E-state index is 0.0424. The highest BCUT2D eigenvalue weighted by Crippen LogP contribution is 1.96. The van der Waals surface area contributed by atoms with Gasteiger partial charge >= 0.3 is 0 Å². The summed E-state index contributed by atoms with van der Waals surface area (Å²) in [4.78, 5) is 21.7. The van der Waals surface area contributed by atoms with E-state index < -0.39 is 6.04 Å². The number of rotatable bonds is 5. The number of nitrogens with one attached hydrogen (secondary N) is 1. The highest BCUT2D eigenvalue weighted by atomic mass is 16.3. The molecule has 0 aliphatic rings. The van der Waals surface area contributed by atoms with E-state index in [1.165, 1.54) is 6.92 Å². The second-order valence-electron chi connectivity index (χ2n) is 2.59. The Balaban J connectivity index is 4.02. The molecule has 0 heterocycles. The summed E-state index contributed by atoms with van der Waals surface area (Å²) in [5.74, 6) is -0.283. The third kappa shape index (κ3) is 4.08. The highest BCUT2D eigenvalue weighted by Gasteiger charge is 2.16. The van der Waals surface area contributed by atoms with Gasteiger partial charge in [0.1, 0.15) is 0 Å². The fourth-order valence-electron chi connectivity index (χ4n) is 0.935. The Morgan fingerprint density at radius 3 is 2.42 bits per heavy atom. The third-order valence-corrected chi connectivity index (χ3v) is 1.53. The fourth-order valence-corrected chi connectivity index (χ4v) is 0.935. The van der Waals surface area contributed by atoms with Crippen LogP contribution in [-0.4, -0.2) is 29.4 Å². The summed E-state index contributed by atoms with van der Waals surface area (Å²) in [6.45, 7) is 3.00. The molecule has 0 aromatic heterocycles. The van der Waals surface area contributed by atoms with Crippen LogP contribution in [-0.2, 0) is 9.59 Å². The molecule has 1 unspecified atom stereocenters. The van der Waals surface area contributed by atoms with Crippen molar-refractivity contribution in [2.45, 2.75) is 32.7 Å². The molecule has 4 nitrogen and oxygen atoms in total. The van der Waals surface area contributed by atoms with Crippen LogP contribution in [0.15, 0.2) is 0 Å². The Hall–Kier alpha value is -0.900. The Labute approximate surface area is 72.0 Å². The van der Waals surface area contributed by atoms with E-state index in [-0.39, 0.29) is 18.3 Å². The van der Waals surface area contributed by atoms with Crippen LogP contribution < -0.4 is 5.32 Å². The molecule has 0 aliphatic carbocycles. The van der Waals surface area contributed by atoms with Crippen molar-refractivity contribution in [3.63, 3.8) is 0 Å². The van der Waals surface area contributed by atoms with Crippen molar-refractivity contribution in [2.24, 2.45) is 0 Å².